The van der Waals surface area contributed by atoms with E-state index >= 15 is 0 Å². The molecular weight excluding hydrogens is 213 g/mol. The van der Waals surface area contributed by atoms with Crippen molar-refractivity contribution in [2.75, 3.05) is 0 Å². The summed E-state index contributed by atoms with van der Waals surface area (Å²) in [7, 11) is 0. The molecule has 0 N–H and O–H groups in total. The fourth-order valence-corrected chi connectivity index (χ4v) is 2.26. The van der Waals surface area contributed by atoms with Gasteiger partial charge in [0.15, 0.2) is 0 Å². The topological polar surface area (TPSA) is 0 Å². The van der Waals surface area contributed by atoms with Gasteiger partial charge in [-0.25, -0.2) is 8.78 Å². The molecular formula is C6H4Cl2F2S. The van der Waals surface area contributed by atoms with E-state index in [0.717, 1.165) is 18.3 Å². The van der Waals surface area contributed by atoms with Crippen LogP contribution in [-0.4, -0.2) is 0 Å². The van der Waals surface area contributed by atoms with Crippen molar-refractivity contribution in [1.29, 1.82) is 0 Å². The van der Waals surface area contributed by atoms with Crippen molar-refractivity contribution < 1.29 is 8.78 Å². The normalized spacial score (nSPS) is 12.1. The molecule has 0 saturated heterocycles. The quantitative estimate of drug-likeness (QED) is 0.662. The van der Waals surface area contributed by atoms with Crippen LogP contribution in [0.4, 0.5) is 8.78 Å². The molecule has 0 fully saturated rings. The van der Waals surface area contributed by atoms with E-state index in [0.29, 0.717) is 0 Å². The van der Waals surface area contributed by atoms with E-state index in [1.54, 1.807) is 0 Å². The Balaban J connectivity index is 3.13. The average Bonchev–Trinajstić information content (AvgIpc) is 2.08. The zero-order valence-corrected chi connectivity index (χ0v) is 7.83. The van der Waals surface area contributed by atoms with E-state index in [1.807, 2.05) is 0 Å². The minimum Gasteiger partial charge on any atom is -0.202 e. The Morgan fingerprint density at radius 3 is 2.18 bits per heavy atom. The lowest BCUT2D eigenvalue weighted by atomic mass is 10.2. The van der Waals surface area contributed by atoms with Crippen LogP contribution in [0, 0.1) is 0 Å². The summed E-state index contributed by atoms with van der Waals surface area (Å²) < 4.78 is 25.5. The molecule has 0 aliphatic rings. The van der Waals surface area contributed by atoms with Crippen LogP contribution in [0.1, 0.15) is 12.5 Å². The predicted molar refractivity (Wildman–Crippen MR) is 43.9 cm³/mol. The first kappa shape index (κ1) is 9.23. The molecule has 1 aromatic rings. The van der Waals surface area contributed by atoms with E-state index in [1.165, 1.54) is 6.07 Å². The summed E-state index contributed by atoms with van der Waals surface area (Å²) >= 11 is 11.9. The molecule has 11 heavy (non-hydrogen) atoms. The van der Waals surface area contributed by atoms with E-state index in [-0.39, 0.29) is 14.2 Å². The zero-order valence-electron chi connectivity index (χ0n) is 5.50. The van der Waals surface area contributed by atoms with Crippen LogP contribution in [0.25, 0.3) is 0 Å². The first-order valence-electron chi connectivity index (χ1n) is 2.74. The van der Waals surface area contributed by atoms with Crippen molar-refractivity contribution >= 4 is 34.5 Å². The highest BCUT2D eigenvalue weighted by Gasteiger charge is 2.28. The first-order valence-corrected chi connectivity index (χ1v) is 4.31. The lowest BCUT2D eigenvalue weighted by Crippen LogP contribution is -2.05. The van der Waals surface area contributed by atoms with Crippen molar-refractivity contribution in [2.45, 2.75) is 12.8 Å². The molecule has 0 spiro atoms. The highest BCUT2D eigenvalue weighted by Crippen LogP contribution is 2.40. The van der Waals surface area contributed by atoms with Crippen LogP contribution in [0.2, 0.25) is 8.67 Å². The van der Waals surface area contributed by atoms with Gasteiger partial charge in [-0.3, -0.25) is 0 Å². The third kappa shape index (κ3) is 2.04. The smallest absolute Gasteiger partial charge is 0.202 e. The van der Waals surface area contributed by atoms with Crippen LogP contribution in [0.15, 0.2) is 6.07 Å². The standard InChI is InChI=1S/C6H4Cl2F2S/c1-6(9,10)3-2-4(7)11-5(3)8/h2H,1H3. The zero-order chi connectivity index (χ0) is 8.65. The van der Waals surface area contributed by atoms with Crippen LogP contribution in [0.3, 0.4) is 0 Å². The van der Waals surface area contributed by atoms with Gasteiger partial charge in [0.25, 0.3) is 5.92 Å². The van der Waals surface area contributed by atoms with Gasteiger partial charge < -0.3 is 0 Å². The second-order valence-electron chi connectivity index (χ2n) is 2.13. The minimum atomic E-state index is -2.90. The van der Waals surface area contributed by atoms with Gasteiger partial charge in [-0.05, 0) is 6.07 Å². The lowest BCUT2D eigenvalue weighted by molar-refractivity contribution is 0.0180. The van der Waals surface area contributed by atoms with Gasteiger partial charge >= 0.3 is 0 Å². The molecule has 0 aromatic carbocycles. The molecule has 62 valence electrons. The molecule has 0 unspecified atom stereocenters. The van der Waals surface area contributed by atoms with Crippen molar-refractivity contribution in [2.24, 2.45) is 0 Å². The average molecular weight is 217 g/mol. The summed E-state index contributed by atoms with van der Waals surface area (Å²) in [5, 5.41) is 0. The number of alkyl halides is 2. The van der Waals surface area contributed by atoms with Crippen LogP contribution >= 0.6 is 34.5 Å². The summed E-state index contributed by atoms with van der Waals surface area (Å²) in [6.45, 7) is 0.789. The summed E-state index contributed by atoms with van der Waals surface area (Å²) in [6.07, 6.45) is 0. The summed E-state index contributed by atoms with van der Waals surface area (Å²) in [5.41, 5.74) is -0.200. The van der Waals surface area contributed by atoms with Gasteiger partial charge in [0.1, 0.15) is 4.34 Å². The largest absolute Gasteiger partial charge is 0.272 e. The Morgan fingerprint density at radius 1 is 1.45 bits per heavy atom. The lowest BCUT2D eigenvalue weighted by Gasteiger charge is -2.07. The van der Waals surface area contributed by atoms with Gasteiger partial charge in [-0.1, -0.05) is 23.2 Å². The van der Waals surface area contributed by atoms with Crippen molar-refractivity contribution in [3.8, 4) is 0 Å². The van der Waals surface area contributed by atoms with Crippen molar-refractivity contribution in [1.82, 2.24) is 0 Å². The number of halogens is 4. The maximum Gasteiger partial charge on any atom is 0.272 e. The van der Waals surface area contributed by atoms with E-state index < -0.39 is 5.92 Å². The Hall–Kier alpha value is 0.140. The molecule has 0 bridgehead atoms. The number of hydrogen-bond donors (Lipinski definition) is 0. The number of hydrogen-bond acceptors (Lipinski definition) is 1. The van der Waals surface area contributed by atoms with Gasteiger partial charge in [-0.15, -0.1) is 11.3 Å². The molecule has 0 saturated carbocycles. The van der Waals surface area contributed by atoms with E-state index in [9.17, 15) is 8.78 Å². The van der Waals surface area contributed by atoms with Gasteiger partial charge in [0, 0.05) is 6.92 Å². The molecule has 0 aliphatic heterocycles. The maximum absolute atomic E-state index is 12.6. The summed E-state index contributed by atoms with van der Waals surface area (Å²) in [6, 6.07) is 1.19. The Labute approximate surface area is 76.7 Å². The van der Waals surface area contributed by atoms with Crippen LogP contribution in [-0.2, 0) is 5.92 Å². The fourth-order valence-electron chi connectivity index (χ4n) is 0.640. The Bertz CT molecular complexity index is 264. The molecule has 0 amide bonds. The molecule has 0 radical (unpaired) electrons. The van der Waals surface area contributed by atoms with Gasteiger partial charge in [-0.2, -0.15) is 0 Å². The highest BCUT2D eigenvalue weighted by atomic mass is 35.5. The molecule has 1 rings (SSSR count). The van der Waals surface area contributed by atoms with Crippen molar-refractivity contribution in [3.63, 3.8) is 0 Å². The second kappa shape index (κ2) is 2.88. The molecule has 0 aliphatic carbocycles. The van der Waals surface area contributed by atoms with Crippen LogP contribution in [0.5, 0.6) is 0 Å². The Morgan fingerprint density at radius 2 is 2.00 bits per heavy atom. The second-order valence-corrected chi connectivity index (χ2v) is 4.41. The predicted octanol–water partition coefficient (Wildman–Crippen LogP) is 4.17. The van der Waals surface area contributed by atoms with Gasteiger partial charge in [0.2, 0.25) is 0 Å². The molecule has 1 heterocycles. The number of thiophene rings is 1. The first-order chi connectivity index (χ1) is 4.91. The van der Waals surface area contributed by atoms with Crippen molar-refractivity contribution in [3.05, 3.63) is 20.3 Å². The third-order valence-electron chi connectivity index (χ3n) is 1.13. The van der Waals surface area contributed by atoms with E-state index in [4.69, 9.17) is 23.2 Å². The molecule has 0 nitrogen and oxygen atoms in total. The third-order valence-corrected chi connectivity index (χ3v) is 2.62. The minimum absolute atomic E-state index is 0.0579. The molecule has 5 heteroatoms. The van der Waals surface area contributed by atoms with E-state index in [2.05, 4.69) is 0 Å². The number of rotatable bonds is 1. The Kier molecular flexibility index (Phi) is 2.42. The highest BCUT2D eigenvalue weighted by molar-refractivity contribution is 7.20. The SMILES string of the molecule is CC(F)(F)c1cc(Cl)sc1Cl. The molecule has 1 aromatic heterocycles. The maximum atomic E-state index is 12.6. The molecule has 0 atom stereocenters. The van der Waals surface area contributed by atoms with Crippen LogP contribution < -0.4 is 0 Å². The monoisotopic (exact) mass is 216 g/mol. The summed E-state index contributed by atoms with van der Waals surface area (Å²) in [4.78, 5) is 0. The van der Waals surface area contributed by atoms with Gasteiger partial charge in [0.05, 0.1) is 9.90 Å². The fraction of sp³-hybridized carbons (Fsp3) is 0.333. The summed E-state index contributed by atoms with van der Waals surface area (Å²) in [5.74, 6) is -2.90.